The van der Waals surface area contributed by atoms with E-state index in [1.165, 1.54) is 0 Å². The zero-order valence-corrected chi connectivity index (χ0v) is 13.8. The average Bonchev–Trinajstić information content (AvgIpc) is 2.63. The molecule has 0 unspecified atom stereocenters. The van der Waals surface area contributed by atoms with Crippen LogP contribution in [0.1, 0.15) is 24.1 Å². The summed E-state index contributed by atoms with van der Waals surface area (Å²) in [5.74, 6) is 0.868. The summed E-state index contributed by atoms with van der Waals surface area (Å²) in [6.45, 7) is 1.09. The predicted octanol–water partition coefficient (Wildman–Crippen LogP) is 2.14. The number of piperidine rings is 1. The minimum absolute atomic E-state index is 0.0863. The van der Waals surface area contributed by atoms with Crippen LogP contribution >= 0.6 is 0 Å². The van der Waals surface area contributed by atoms with Crippen molar-refractivity contribution >= 4 is 5.91 Å². The van der Waals surface area contributed by atoms with Crippen molar-refractivity contribution in [1.82, 2.24) is 9.88 Å². The van der Waals surface area contributed by atoms with Crippen molar-refractivity contribution < 1.29 is 14.6 Å². The lowest BCUT2D eigenvalue weighted by molar-refractivity contribution is -0.135. The van der Waals surface area contributed by atoms with Gasteiger partial charge in [-0.3, -0.25) is 9.78 Å². The summed E-state index contributed by atoms with van der Waals surface area (Å²) in [5.41, 5.74) is 0.719. The maximum absolute atomic E-state index is 12.5. The topological polar surface area (TPSA) is 62.7 Å². The molecule has 1 N–H and O–H groups in total. The Balaban J connectivity index is 1.58. The minimum Gasteiger partial charge on any atom is -0.497 e. The van der Waals surface area contributed by atoms with Crippen molar-refractivity contribution in [1.29, 1.82) is 0 Å². The first-order valence-corrected chi connectivity index (χ1v) is 8.15. The number of pyridine rings is 1. The molecule has 0 radical (unpaired) electrons. The number of aliphatic hydroxyl groups is 1. The van der Waals surface area contributed by atoms with E-state index in [9.17, 15) is 9.90 Å². The van der Waals surface area contributed by atoms with E-state index >= 15 is 0 Å². The Morgan fingerprint density at radius 3 is 2.50 bits per heavy atom. The van der Waals surface area contributed by atoms with Gasteiger partial charge in [-0.05, 0) is 42.7 Å². The SMILES string of the molecule is COc1ccc(CC(=O)N2CCC(O)(c3ccccn3)CC2)cc1. The van der Waals surface area contributed by atoms with Gasteiger partial charge in [0.1, 0.15) is 11.4 Å². The van der Waals surface area contributed by atoms with Gasteiger partial charge >= 0.3 is 0 Å². The quantitative estimate of drug-likeness (QED) is 0.935. The van der Waals surface area contributed by atoms with Crippen molar-refractivity contribution in [3.8, 4) is 5.75 Å². The first-order chi connectivity index (χ1) is 11.6. The standard InChI is InChI=1S/C19H22N2O3/c1-24-16-7-5-15(6-8-16)14-18(22)21-12-9-19(23,10-13-21)17-4-2-3-11-20-17/h2-8,11,23H,9-10,12-14H2,1H3. The highest BCUT2D eigenvalue weighted by Crippen LogP contribution is 2.31. The molecule has 1 aromatic carbocycles. The summed E-state index contributed by atoms with van der Waals surface area (Å²) >= 11 is 0. The number of benzene rings is 1. The molecule has 1 fully saturated rings. The number of carbonyl (C=O) groups is 1. The number of amides is 1. The number of ether oxygens (including phenoxy) is 1. The van der Waals surface area contributed by atoms with Gasteiger partial charge in [0.2, 0.25) is 5.91 Å². The average molecular weight is 326 g/mol. The maximum atomic E-state index is 12.5. The first kappa shape index (κ1) is 16.5. The maximum Gasteiger partial charge on any atom is 0.226 e. The molecule has 24 heavy (non-hydrogen) atoms. The lowest BCUT2D eigenvalue weighted by atomic mass is 9.87. The minimum atomic E-state index is -0.932. The zero-order chi connectivity index (χ0) is 17.0. The summed E-state index contributed by atoms with van der Waals surface area (Å²) in [4.78, 5) is 18.6. The fourth-order valence-electron chi connectivity index (χ4n) is 3.05. The fraction of sp³-hybridized carbons (Fsp3) is 0.368. The summed E-state index contributed by atoms with van der Waals surface area (Å²) in [5, 5.41) is 10.8. The lowest BCUT2D eigenvalue weighted by Gasteiger charge is -2.37. The van der Waals surface area contributed by atoms with E-state index in [0.29, 0.717) is 38.0 Å². The van der Waals surface area contributed by atoms with Gasteiger partial charge < -0.3 is 14.7 Å². The highest BCUT2D eigenvalue weighted by atomic mass is 16.5. The van der Waals surface area contributed by atoms with Crippen LogP contribution in [-0.2, 0) is 16.8 Å². The number of nitrogens with zero attached hydrogens (tertiary/aromatic N) is 2. The van der Waals surface area contributed by atoms with Gasteiger partial charge in [0.05, 0.1) is 19.2 Å². The number of likely N-dealkylation sites (tertiary alicyclic amines) is 1. The van der Waals surface area contributed by atoms with E-state index in [4.69, 9.17) is 4.74 Å². The van der Waals surface area contributed by atoms with Crippen LogP contribution < -0.4 is 4.74 Å². The summed E-state index contributed by atoms with van der Waals surface area (Å²) in [7, 11) is 1.62. The molecule has 0 atom stereocenters. The summed E-state index contributed by atoms with van der Waals surface area (Å²) in [6, 6.07) is 13.1. The van der Waals surface area contributed by atoms with E-state index in [-0.39, 0.29) is 5.91 Å². The highest BCUT2D eigenvalue weighted by Gasteiger charge is 2.36. The van der Waals surface area contributed by atoms with Gasteiger partial charge in [-0.25, -0.2) is 0 Å². The molecule has 2 heterocycles. The number of carbonyl (C=O) groups excluding carboxylic acids is 1. The number of aromatic nitrogens is 1. The highest BCUT2D eigenvalue weighted by molar-refractivity contribution is 5.79. The van der Waals surface area contributed by atoms with Gasteiger partial charge in [0.15, 0.2) is 0 Å². The largest absolute Gasteiger partial charge is 0.497 e. The van der Waals surface area contributed by atoms with Crippen molar-refractivity contribution in [2.45, 2.75) is 24.9 Å². The number of methoxy groups -OCH3 is 1. The molecule has 0 bridgehead atoms. The summed E-state index contributed by atoms with van der Waals surface area (Å²) in [6.07, 6.45) is 3.08. The predicted molar refractivity (Wildman–Crippen MR) is 90.6 cm³/mol. The third kappa shape index (κ3) is 3.57. The zero-order valence-electron chi connectivity index (χ0n) is 13.8. The Bertz CT molecular complexity index is 678. The normalized spacial score (nSPS) is 16.7. The van der Waals surface area contributed by atoms with Gasteiger partial charge in [-0.2, -0.15) is 0 Å². The molecule has 0 spiro atoms. The molecule has 0 saturated carbocycles. The van der Waals surface area contributed by atoms with Gasteiger partial charge in [-0.15, -0.1) is 0 Å². The van der Waals surface area contributed by atoms with E-state index < -0.39 is 5.60 Å². The van der Waals surface area contributed by atoms with Crippen molar-refractivity contribution in [3.05, 3.63) is 59.9 Å². The van der Waals surface area contributed by atoms with Crippen LogP contribution in [0.25, 0.3) is 0 Å². The molecule has 5 heteroatoms. The molecule has 0 aliphatic carbocycles. The molecule has 1 saturated heterocycles. The molecule has 3 rings (SSSR count). The molecule has 126 valence electrons. The fourth-order valence-corrected chi connectivity index (χ4v) is 3.05. The van der Waals surface area contributed by atoms with Crippen LogP contribution in [0.4, 0.5) is 0 Å². The molecule has 1 aromatic heterocycles. The van der Waals surface area contributed by atoms with Gasteiger partial charge in [0, 0.05) is 19.3 Å². The van der Waals surface area contributed by atoms with Crippen LogP contribution in [0.3, 0.4) is 0 Å². The Morgan fingerprint density at radius 2 is 1.92 bits per heavy atom. The molecule has 5 nitrogen and oxygen atoms in total. The third-order valence-electron chi connectivity index (χ3n) is 4.60. The van der Waals surface area contributed by atoms with E-state index in [1.807, 2.05) is 47.4 Å². The smallest absolute Gasteiger partial charge is 0.226 e. The number of hydrogen-bond acceptors (Lipinski definition) is 4. The number of hydrogen-bond donors (Lipinski definition) is 1. The van der Waals surface area contributed by atoms with Crippen LogP contribution in [0.2, 0.25) is 0 Å². The second-order valence-corrected chi connectivity index (χ2v) is 6.15. The number of rotatable bonds is 4. The molecular formula is C19H22N2O3. The Kier molecular flexibility index (Phi) is 4.81. The van der Waals surface area contributed by atoms with E-state index in [1.54, 1.807) is 13.3 Å². The second-order valence-electron chi connectivity index (χ2n) is 6.15. The Labute approximate surface area is 141 Å². The van der Waals surface area contributed by atoms with E-state index in [2.05, 4.69) is 4.98 Å². The second kappa shape index (κ2) is 7.01. The van der Waals surface area contributed by atoms with Crippen molar-refractivity contribution in [3.63, 3.8) is 0 Å². The van der Waals surface area contributed by atoms with Crippen LogP contribution in [0.15, 0.2) is 48.7 Å². The molecule has 1 aliphatic rings. The molecule has 1 aliphatic heterocycles. The van der Waals surface area contributed by atoms with Crippen LogP contribution in [0, 0.1) is 0 Å². The van der Waals surface area contributed by atoms with Crippen LogP contribution in [0.5, 0.6) is 5.75 Å². The molecule has 2 aromatic rings. The lowest BCUT2D eigenvalue weighted by Crippen LogP contribution is -2.46. The molecular weight excluding hydrogens is 304 g/mol. The van der Waals surface area contributed by atoms with Crippen LogP contribution in [-0.4, -0.2) is 41.1 Å². The van der Waals surface area contributed by atoms with Gasteiger partial charge in [0.25, 0.3) is 0 Å². The first-order valence-electron chi connectivity index (χ1n) is 8.15. The monoisotopic (exact) mass is 326 g/mol. The third-order valence-corrected chi connectivity index (χ3v) is 4.60. The Hall–Kier alpha value is -2.40. The molecule has 1 amide bonds. The van der Waals surface area contributed by atoms with Gasteiger partial charge in [-0.1, -0.05) is 18.2 Å². The van der Waals surface area contributed by atoms with E-state index in [0.717, 1.165) is 11.3 Å². The summed E-state index contributed by atoms with van der Waals surface area (Å²) < 4.78 is 5.13. The van der Waals surface area contributed by atoms with Crippen molar-refractivity contribution in [2.24, 2.45) is 0 Å². The van der Waals surface area contributed by atoms with Crippen molar-refractivity contribution in [2.75, 3.05) is 20.2 Å². The Morgan fingerprint density at radius 1 is 1.21 bits per heavy atom.